The number of rotatable bonds is 8. The molecule has 8 heteroatoms. The molecule has 1 heterocycles. The molecule has 0 fully saturated rings. The summed E-state index contributed by atoms with van der Waals surface area (Å²) in [7, 11) is 0. The highest BCUT2D eigenvalue weighted by atomic mass is 35.5. The van der Waals surface area contributed by atoms with E-state index in [1.165, 1.54) is 23.1 Å². The molecule has 2 rings (SSSR count). The largest absolute Gasteiger partial charge is 0.369 e. The number of thioether (sulfide) groups is 1. The van der Waals surface area contributed by atoms with E-state index in [9.17, 15) is 9.59 Å². The van der Waals surface area contributed by atoms with Crippen molar-refractivity contribution in [1.82, 2.24) is 4.98 Å². The molecule has 2 amide bonds. The Balaban J connectivity index is 1.80. The first kappa shape index (κ1) is 17.8. The van der Waals surface area contributed by atoms with Crippen molar-refractivity contribution in [2.75, 3.05) is 16.8 Å². The number of anilines is 1. The van der Waals surface area contributed by atoms with Gasteiger partial charge in [0.05, 0.1) is 5.75 Å². The number of carbonyl (C=O) groups is 2. The molecule has 0 aliphatic rings. The molecule has 0 bridgehead atoms. The van der Waals surface area contributed by atoms with Gasteiger partial charge in [0.1, 0.15) is 0 Å². The third kappa shape index (κ3) is 6.60. The Bertz CT molecular complexity index is 691. The number of amides is 2. The number of hydrogen-bond donors (Lipinski definition) is 2. The summed E-state index contributed by atoms with van der Waals surface area (Å²) in [6.07, 6.45) is 2.80. The minimum Gasteiger partial charge on any atom is -0.369 e. The lowest BCUT2D eigenvalue weighted by Crippen LogP contribution is -2.15. The van der Waals surface area contributed by atoms with Crippen LogP contribution in [-0.4, -0.2) is 28.3 Å². The molecular weight excluding hydrogens is 354 g/mol. The molecule has 0 spiro atoms. The minimum atomic E-state index is -0.374. The number of benzene rings is 1. The lowest BCUT2D eigenvalue weighted by atomic mass is 10.1. The summed E-state index contributed by atoms with van der Waals surface area (Å²) in [5.74, 6) is 0.288. The van der Waals surface area contributed by atoms with Crippen LogP contribution in [0.2, 0.25) is 5.02 Å². The number of nitrogens with zero attached hydrogens (tertiary/aromatic N) is 1. The third-order valence-electron chi connectivity index (χ3n) is 2.79. The molecule has 23 heavy (non-hydrogen) atoms. The molecule has 1 aromatic heterocycles. The molecule has 3 N–H and O–H groups in total. The average Bonchev–Trinajstić information content (AvgIpc) is 2.90. The molecule has 2 aromatic rings. The highest BCUT2D eigenvalue weighted by molar-refractivity contribution is 7.99. The first-order valence-corrected chi connectivity index (χ1v) is 9.23. The topological polar surface area (TPSA) is 85.1 Å². The van der Waals surface area contributed by atoms with Gasteiger partial charge in [0, 0.05) is 34.7 Å². The Kier molecular flexibility index (Phi) is 6.88. The monoisotopic (exact) mass is 369 g/mol. The summed E-state index contributed by atoms with van der Waals surface area (Å²) in [6, 6.07) is 7.65. The Labute approximate surface area is 147 Å². The van der Waals surface area contributed by atoms with Gasteiger partial charge in [0.25, 0.3) is 0 Å². The second-order valence-electron chi connectivity index (χ2n) is 4.76. The summed E-state index contributed by atoms with van der Waals surface area (Å²) in [6.45, 7) is 0. The molecule has 0 saturated carbocycles. The van der Waals surface area contributed by atoms with Crippen LogP contribution in [0.3, 0.4) is 0 Å². The van der Waals surface area contributed by atoms with Crippen LogP contribution < -0.4 is 11.1 Å². The maximum Gasteiger partial charge on any atom is 0.227 e. The number of nitrogens with one attached hydrogen (secondary N) is 1. The SMILES string of the molecule is NC(=O)CSCCC(=O)Nc1ncc(Cc2cccc(Cl)c2)s1. The number of carbonyl (C=O) groups excluding carboxylic acids is 2. The molecule has 0 unspecified atom stereocenters. The molecule has 0 aliphatic heterocycles. The number of thiazole rings is 1. The van der Waals surface area contributed by atoms with E-state index in [4.69, 9.17) is 17.3 Å². The zero-order valence-corrected chi connectivity index (χ0v) is 14.6. The van der Waals surface area contributed by atoms with E-state index in [-0.39, 0.29) is 17.6 Å². The number of halogens is 1. The molecule has 1 aromatic carbocycles. The smallest absolute Gasteiger partial charge is 0.227 e. The highest BCUT2D eigenvalue weighted by Crippen LogP contribution is 2.22. The Morgan fingerprint density at radius 3 is 2.96 bits per heavy atom. The summed E-state index contributed by atoms with van der Waals surface area (Å²) < 4.78 is 0. The van der Waals surface area contributed by atoms with Gasteiger partial charge in [-0.05, 0) is 17.7 Å². The van der Waals surface area contributed by atoms with Gasteiger partial charge in [-0.15, -0.1) is 11.3 Å². The first-order valence-electron chi connectivity index (χ1n) is 6.88. The second kappa shape index (κ2) is 8.90. The Hall–Kier alpha value is -1.57. The van der Waals surface area contributed by atoms with Gasteiger partial charge in [-0.25, -0.2) is 4.98 Å². The fourth-order valence-corrected chi connectivity index (χ4v) is 3.57. The standard InChI is InChI=1S/C15H16ClN3O2S2/c16-11-3-1-2-10(6-11)7-12-8-18-15(23-12)19-14(21)4-5-22-9-13(17)20/h1-3,6,8H,4-5,7,9H2,(H2,17,20)(H,18,19,21). The van der Waals surface area contributed by atoms with E-state index in [2.05, 4.69) is 10.3 Å². The third-order valence-corrected chi connectivity index (χ3v) is 4.91. The van der Waals surface area contributed by atoms with Crippen LogP contribution in [0.5, 0.6) is 0 Å². The number of hydrogen-bond acceptors (Lipinski definition) is 5. The summed E-state index contributed by atoms with van der Waals surface area (Å²) in [5.41, 5.74) is 6.13. The van der Waals surface area contributed by atoms with E-state index in [0.29, 0.717) is 22.3 Å². The minimum absolute atomic E-state index is 0.120. The molecule has 0 atom stereocenters. The summed E-state index contributed by atoms with van der Waals surface area (Å²) >= 11 is 8.75. The molecule has 122 valence electrons. The summed E-state index contributed by atoms with van der Waals surface area (Å²) in [5, 5.41) is 4.04. The van der Waals surface area contributed by atoms with E-state index in [1.54, 1.807) is 6.20 Å². The van der Waals surface area contributed by atoms with Crippen LogP contribution in [0.25, 0.3) is 0 Å². The van der Waals surface area contributed by atoms with Crippen molar-refractivity contribution in [2.45, 2.75) is 12.8 Å². The van der Waals surface area contributed by atoms with Crippen LogP contribution in [0.15, 0.2) is 30.5 Å². The van der Waals surface area contributed by atoms with Gasteiger partial charge in [-0.3, -0.25) is 9.59 Å². The lowest BCUT2D eigenvalue weighted by Gasteiger charge is -2.01. The molecule has 0 saturated heterocycles. The number of nitrogens with two attached hydrogens (primary N) is 1. The van der Waals surface area contributed by atoms with E-state index in [1.807, 2.05) is 24.3 Å². The van der Waals surface area contributed by atoms with Crippen LogP contribution in [0.4, 0.5) is 5.13 Å². The van der Waals surface area contributed by atoms with Crippen molar-refractivity contribution < 1.29 is 9.59 Å². The lowest BCUT2D eigenvalue weighted by molar-refractivity contribution is -0.116. The van der Waals surface area contributed by atoms with Gasteiger partial charge in [-0.1, -0.05) is 23.7 Å². The normalized spacial score (nSPS) is 10.5. The van der Waals surface area contributed by atoms with Gasteiger partial charge in [0.15, 0.2) is 5.13 Å². The maximum absolute atomic E-state index is 11.8. The molecule has 0 aliphatic carbocycles. The fourth-order valence-electron chi connectivity index (χ4n) is 1.81. The fraction of sp³-hybridized carbons (Fsp3) is 0.267. The maximum atomic E-state index is 11.8. The second-order valence-corrected chi connectivity index (χ2v) is 7.41. The average molecular weight is 370 g/mol. The molecular formula is C15H16ClN3O2S2. The van der Waals surface area contributed by atoms with Gasteiger partial charge < -0.3 is 11.1 Å². The van der Waals surface area contributed by atoms with Crippen molar-refractivity contribution in [1.29, 1.82) is 0 Å². The van der Waals surface area contributed by atoms with Gasteiger partial charge >= 0.3 is 0 Å². The van der Waals surface area contributed by atoms with Crippen LogP contribution in [0.1, 0.15) is 16.9 Å². The predicted octanol–water partition coefficient (Wildman–Crippen LogP) is 2.93. The van der Waals surface area contributed by atoms with Crippen LogP contribution in [-0.2, 0) is 16.0 Å². The van der Waals surface area contributed by atoms with Crippen molar-refractivity contribution in [3.05, 3.63) is 45.9 Å². The van der Waals surface area contributed by atoms with Crippen LogP contribution in [0, 0.1) is 0 Å². The van der Waals surface area contributed by atoms with Crippen molar-refractivity contribution >= 4 is 51.6 Å². The Morgan fingerprint density at radius 2 is 2.22 bits per heavy atom. The quantitative estimate of drug-likeness (QED) is 0.700. The van der Waals surface area contributed by atoms with E-state index < -0.39 is 0 Å². The first-order chi connectivity index (χ1) is 11.0. The number of aromatic nitrogens is 1. The Morgan fingerprint density at radius 1 is 1.39 bits per heavy atom. The highest BCUT2D eigenvalue weighted by Gasteiger charge is 2.08. The van der Waals surface area contributed by atoms with Gasteiger partial charge in [0.2, 0.25) is 11.8 Å². The van der Waals surface area contributed by atoms with E-state index >= 15 is 0 Å². The summed E-state index contributed by atoms with van der Waals surface area (Å²) in [4.78, 5) is 27.6. The predicted molar refractivity (Wildman–Crippen MR) is 96.1 cm³/mol. The molecule has 5 nitrogen and oxygen atoms in total. The van der Waals surface area contributed by atoms with Gasteiger partial charge in [-0.2, -0.15) is 11.8 Å². The zero-order valence-electron chi connectivity index (χ0n) is 12.3. The van der Waals surface area contributed by atoms with Crippen LogP contribution >= 0.6 is 34.7 Å². The van der Waals surface area contributed by atoms with Crippen molar-refractivity contribution in [3.8, 4) is 0 Å². The van der Waals surface area contributed by atoms with Crippen molar-refractivity contribution in [3.63, 3.8) is 0 Å². The number of primary amides is 1. The zero-order chi connectivity index (χ0) is 16.7. The molecule has 0 radical (unpaired) electrons. The van der Waals surface area contributed by atoms with E-state index in [0.717, 1.165) is 16.9 Å². The van der Waals surface area contributed by atoms with Crippen molar-refractivity contribution in [2.24, 2.45) is 5.73 Å².